The van der Waals surface area contributed by atoms with E-state index in [0.717, 1.165) is 60.7 Å². The first-order valence-corrected chi connectivity index (χ1v) is 15.0. The fourth-order valence-corrected chi connectivity index (χ4v) is 6.09. The van der Waals surface area contributed by atoms with Crippen LogP contribution in [0.2, 0.25) is 0 Å². The molecule has 1 amide bonds. The van der Waals surface area contributed by atoms with Gasteiger partial charge in [-0.3, -0.25) is 14.6 Å². The Bertz CT molecular complexity index is 1260. The predicted molar refractivity (Wildman–Crippen MR) is 166 cm³/mol. The summed E-state index contributed by atoms with van der Waals surface area (Å²) in [5.41, 5.74) is 7.77. The third-order valence-corrected chi connectivity index (χ3v) is 8.83. The Morgan fingerprint density at radius 1 is 1.05 bits per heavy atom. The molecule has 0 saturated carbocycles. The van der Waals surface area contributed by atoms with E-state index in [-0.39, 0.29) is 11.9 Å². The van der Waals surface area contributed by atoms with Crippen LogP contribution in [0.15, 0.2) is 72.6 Å². The van der Waals surface area contributed by atoms with Crippen molar-refractivity contribution in [2.45, 2.75) is 71.6 Å². The molecule has 3 atom stereocenters. The first kappa shape index (κ1) is 28.2. The summed E-state index contributed by atoms with van der Waals surface area (Å²) in [6.45, 7) is 14.3. The Hall–Kier alpha value is -3.35. The van der Waals surface area contributed by atoms with Gasteiger partial charge in [-0.1, -0.05) is 43.7 Å². The van der Waals surface area contributed by atoms with Crippen LogP contribution in [-0.4, -0.2) is 54.0 Å². The van der Waals surface area contributed by atoms with Crippen LogP contribution in [0.5, 0.6) is 0 Å². The number of allylic oxidation sites excluding steroid dienone is 3. The zero-order valence-electron chi connectivity index (χ0n) is 24.5. The van der Waals surface area contributed by atoms with E-state index in [2.05, 4.69) is 102 Å². The molecule has 212 valence electrons. The maximum atomic E-state index is 11.9. The van der Waals surface area contributed by atoms with Crippen LogP contribution in [0.3, 0.4) is 0 Å². The summed E-state index contributed by atoms with van der Waals surface area (Å²) < 4.78 is 0. The molecule has 3 N–H and O–H groups in total. The summed E-state index contributed by atoms with van der Waals surface area (Å²) in [7, 11) is 0. The maximum absolute atomic E-state index is 11.9. The number of anilines is 1. The molecule has 0 aromatic heterocycles. The van der Waals surface area contributed by atoms with Crippen LogP contribution in [0.25, 0.3) is 5.57 Å². The van der Waals surface area contributed by atoms with Crippen LogP contribution < -0.4 is 16.0 Å². The van der Waals surface area contributed by atoms with Crippen molar-refractivity contribution in [2.75, 3.05) is 31.5 Å². The van der Waals surface area contributed by atoms with Gasteiger partial charge >= 0.3 is 0 Å². The summed E-state index contributed by atoms with van der Waals surface area (Å²) in [6, 6.07) is 16.4. The molecule has 0 bridgehead atoms. The van der Waals surface area contributed by atoms with Gasteiger partial charge in [0.05, 0.1) is 6.04 Å². The van der Waals surface area contributed by atoms with Crippen molar-refractivity contribution in [1.29, 1.82) is 0 Å². The van der Waals surface area contributed by atoms with Crippen molar-refractivity contribution >= 4 is 17.2 Å². The fourth-order valence-electron chi connectivity index (χ4n) is 6.09. The van der Waals surface area contributed by atoms with Crippen LogP contribution in [0, 0.1) is 0 Å². The summed E-state index contributed by atoms with van der Waals surface area (Å²) in [6.07, 6.45) is 12.1. The number of benzene rings is 2. The fraction of sp³-hybridized carbons (Fsp3) is 0.441. The monoisotopic (exact) mass is 539 g/mol. The number of piperazine rings is 1. The number of amides is 1. The van der Waals surface area contributed by atoms with Gasteiger partial charge in [0.1, 0.15) is 0 Å². The van der Waals surface area contributed by atoms with E-state index in [0.29, 0.717) is 18.6 Å². The normalized spacial score (nSPS) is 21.6. The Morgan fingerprint density at radius 3 is 2.50 bits per heavy atom. The standard InChI is InChI=1S/C34H45N5O/c1-5-7-25(3)38-18-20-39(21-19-38)26(4)27-10-13-30(14-11-27)37-33(32-8-6-17-35-32)16-9-24(2)28-12-15-31-29(22-28)23-36-34(31)40/h6,9-17,22,25-26,32,35,37H,5,7-8,18-21,23H2,1-4H3,(H,36,40)/b24-9+,33-16+. The lowest BCUT2D eigenvalue weighted by atomic mass is 10.0. The van der Waals surface area contributed by atoms with Crippen molar-refractivity contribution < 1.29 is 4.79 Å². The second kappa shape index (κ2) is 12.9. The van der Waals surface area contributed by atoms with Crippen LogP contribution in [0.1, 0.15) is 80.0 Å². The van der Waals surface area contributed by atoms with E-state index in [1.165, 1.54) is 24.0 Å². The Morgan fingerprint density at radius 2 is 1.80 bits per heavy atom. The molecule has 6 nitrogen and oxygen atoms in total. The van der Waals surface area contributed by atoms with Gasteiger partial charge in [-0.25, -0.2) is 0 Å². The lowest BCUT2D eigenvalue weighted by Gasteiger charge is -2.40. The van der Waals surface area contributed by atoms with Gasteiger partial charge in [-0.2, -0.15) is 0 Å². The molecule has 1 saturated heterocycles. The highest BCUT2D eigenvalue weighted by Crippen LogP contribution is 2.26. The lowest BCUT2D eigenvalue weighted by Crippen LogP contribution is -2.50. The molecule has 6 heteroatoms. The third kappa shape index (κ3) is 6.51. The molecule has 3 heterocycles. The minimum absolute atomic E-state index is 0.0226. The molecule has 3 aliphatic heterocycles. The van der Waals surface area contributed by atoms with Gasteiger partial charge in [0.2, 0.25) is 0 Å². The van der Waals surface area contributed by atoms with Crippen LogP contribution in [-0.2, 0) is 6.54 Å². The zero-order valence-corrected chi connectivity index (χ0v) is 24.5. The van der Waals surface area contributed by atoms with E-state index < -0.39 is 0 Å². The third-order valence-electron chi connectivity index (χ3n) is 8.83. The average Bonchev–Trinajstić information content (AvgIpc) is 3.65. The minimum Gasteiger partial charge on any atom is -0.383 e. The second-order valence-corrected chi connectivity index (χ2v) is 11.5. The number of carbonyl (C=O) groups is 1. The summed E-state index contributed by atoms with van der Waals surface area (Å²) in [5.74, 6) is 0.0226. The number of nitrogens with one attached hydrogen (secondary N) is 3. The van der Waals surface area contributed by atoms with Gasteiger partial charge in [0, 0.05) is 61.8 Å². The molecule has 0 spiro atoms. The van der Waals surface area contributed by atoms with Crippen molar-refractivity contribution in [2.24, 2.45) is 0 Å². The van der Waals surface area contributed by atoms with E-state index in [4.69, 9.17) is 0 Å². The molecule has 5 rings (SSSR count). The van der Waals surface area contributed by atoms with E-state index >= 15 is 0 Å². The zero-order chi connectivity index (χ0) is 28.1. The Kier molecular flexibility index (Phi) is 9.08. The number of carbonyl (C=O) groups excluding carboxylic acids is 1. The highest BCUT2D eigenvalue weighted by atomic mass is 16.1. The number of nitrogens with zero attached hydrogens (tertiary/aromatic N) is 2. The van der Waals surface area contributed by atoms with Gasteiger partial charge in [0.25, 0.3) is 5.91 Å². The number of hydrogen-bond acceptors (Lipinski definition) is 5. The second-order valence-electron chi connectivity index (χ2n) is 11.5. The van der Waals surface area contributed by atoms with Crippen molar-refractivity contribution in [3.05, 3.63) is 94.8 Å². The summed E-state index contributed by atoms with van der Waals surface area (Å²) in [5, 5.41) is 10.1. The number of hydrogen-bond donors (Lipinski definition) is 3. The van der Waals surface area contributed by atoms with E-state index in [1.807, 2.05) is 18.3 Å². The molecule has 1 fully saturated rings. The molecule has 0 radical (unpaired) electrons. The first-order valence-electron chi connectivity index (χ1n) is 15.0. The molecular weight excluding hydrogens is 494 g/mol. The summed E-state index contributed by atoms with van der Waals surface area (Å²) >= 11 is 0. The van der Waals surface area contributed by atoms with Gasteiger partial charge in [0.15, 0.2) is 0 Å². The molecule has 3 aliphatic rings. The van der Waals surface area contributed by atoms with Gasteiger partial charge < -0.3 is 16.0 Å². The smallest absolute Gasteiger partial charge is 0.251 e. The highest BCUT2D eigenvalue weighted by molar-refractivity contribution is 5.98. The summed E-state index contributed by atoms with van der Waals surface area (Å²) in [4.78, 5) is 17.2. The van der Waals surface area contributed by atoms with Crippen molar-refractivity contribution in [3.8, 4) is 0 Å². The van der Waals surface area contributed by atoms with E-state index in [9.17, 15) is 4.79 Å². The molecule has 3 unspecified atom stereocenters. The maximum Gasteiger partial charge on any atom is 0.251 e. The highest BCUT2D eigenvalue weighted by Gasteiger charge is 2.24. The number of fused-ring (bicyclic) bond motifs is 1. The molecule has 2 aromatic rings. The average molecular weight is 540 g/mol. The molecule has 2 aromatic carbocycles. The van der Waals surface area contributed by atoms with Crippen LogP contribution >= 0.6 is 0 Å². The Balaban J connectivity index is 1.24. The largest absolute Gasteiger partial charge is 0.383 e. The van der Waals surface area contributed by atoms with Crippen molar-refractivity contribution in [1.82, 2.24) is 20.4 Å². The quantitative estimate of drug-likeness (QED) is 0.320. The SMILES string of the molecule is CCCC(C)N1CCN(C(C)c2ccc(N/C(=C/C=C(\C)c3ccc4c(c3)CNC4=O)C3CC=CN3)cc2)CC1. The topological polar surface area (TPSA) is 59.6 Å². The number of rotatable bonds is 10. The molecular formula is C34H45N5O. The molecule has 40 heavy (non-hydrogen) atoms. The van der Waals surface area contributed by atoms with Gasteiger partial charge in [-0.05, 0) is 92.4 Å². The first-order chi connectivity index (χ1) is 19.4. The van der Waals surface area contributed by atoms with Crippen molar-refractivity contribution in [3.63, 3.8) is 0 Å². The molecule has 0 aliphatic carbocycles. The van der Waals surface area contributed by atoms with Crippen LogP contribution in [0.4, 0.5) is 5.69 Å². The minimum atomic E-state index is 0.0226. The lowest BCUT2D eigenvalue weighted by molar-refractivity contribution is 0.0756. The predicted octanol–water partition coefficient (Wildman–Crippen LogP) is 6.07. The van der Waals surface area contributed by atoms with Gasteiger partial charge in [-0.15, -0.1) is 0 Å². The van der Waals surface area contributed by atoms with E-state index in [1.54, 1.807) is 0 Å². The Labute approximate surface area is 240 Å².